The summed E-state index contributed by atoms with van der Waals surface area (Å²) in [6.45, 7) is 26.0. The Bertz CT molecular complexity index is 923. The minimum atomic E-state index is 0.412. The molecule has 0 fully saturated rings. The van der Waals surface area contributed by atoms with Crippen LogP contribution in [0.3, 0.4) is 0 Å². The minimum absolute atomic E-state index is 0.412. The zero-order chi connectivity index (χ0) is 26.9. The van der Waals surface area contributed by atoms with Gasteiger partial charge >= 0.3 is 0 Å². The summed E-state index contributed by atoms with van der Waals surface area (Å²) in [7, 11) is 2.06. The largest absolute Gasteiger partial charge is 0.337 e. The molecule has 196 valence electrons. The lowest BCUT2D eigenvalue weighted by Crippen LogP contribution is -2.00. The average Bonchev–Trinajstić information content (AvgIpc) is 3.42. The van der Waals surface area contributed by atoms with Crippen LogP contribution in [0.2, 0.25) is 0 Å². The second-order valence-electron chi connectivity index (χ2n) is 11.3. The number of hydrogen-bond donors (Lipinski definition) is 0. The number of aromatic nitrogens is 5. The van der Waals surface area contributed by atoms with Gasteiger partial charge in [-0.25, -0.2) is 9.67 Å². The molecule has 35 heavy (non-hydrogen) atoms. The second kappa shape index (κ2) is 14.2. The first-order valence-electron chi connectivity index (χ1n) is 13.3. The molecule has 3 aromatic rings. The van der Waals surface area contributed by atoms with Crippen molar-refractivity contribution >= 4 is 0 Å². The number of nitrogens with zero attached hydrogens (tertiary/aromatic N) is 5. The molecule has 0 bridgehead atoms. The van der Waals surface area contributed by atoms with Gasteiger partial charge in [-0.2, -0.15) is 0 Å². The van der Waals surface area contributed by atoms with E-state index in [0.29, 0.717) is 35.6 Å². The molecule has 0 aliphatic carbocycles. The van der Waals surface area contributed by atoms with Crippen molar-refractivity contribution in [1.29, 1.82) is 0 Å². The smallest absolute Gasteiger partial charge is 0.111 e. The van der Waals surface area contributed by atoms with Crippen LogP contribution in [0.1, 0.15) is 147 Å². The molecule has 0 atom stereocenters. The first kappa shape index (κ1) is 30.6. The third kappa shape index (κ3) is 9.99. The highest BCUT2D eigenvalue weighted by Gasteiger charge is 2.10. The third-order valence-electron chi connectivity index (χ3n) is 5.96. The van der Waals surface area contributed by atoms with Gasteiger partial charge in [0.2, 0.25) is 0 Å². The van der Waals surface area contributed by atoms with Crippen molar-refractivity contribution in [1.82, 2.24) is 24.5 Å². The quantitative estimate of drug-likeness (QED) is 0.354. The van der Waals surface area contributed by atoms with Gasteiger partial charge in [0.1, 0.15) is 5.82 Å². The van der Waals surface area contributed by atoms with Crippen LogP contribution in [0.25, 0.3) is 0 Å². The zero-order valence-electron chi connectivity index (χ0n) is 24.7. The highest BCUT2D eigenvalue weighted by Crippen LogP contribution is 2.19. The topological polar surface area (TPSA) is 48.5 Å². The van der Waals surface area contributed by atoms with E-state index in [-0.39, 0.29) is 0 Å². The van der Waals surface area contributed by atoms with Gasteiger partial charge in [0.25, 0.3) is 0 Å². The molecule has 0 N–H and O–H groups in total. The van der Waals surface area contributed by atoms with Gasteiger partial charge in [0, 0.05) is 31.4 Å². The van der Waals surface area contributed by atoms with Crippen LogP contribution < -0.4 is 0 Å². The van der Waals surface area contributed by atoms with Gasteiger partial charge in [0.15, 0.2) is 0 Å². The van der Waals surface area contributed by atoms with Gasteiger partial charge < -0.3 is 4.57 Å². The maximum atomic E-state index is 4.57. The molecule has 3 rings (SSSR count). The fourth-order valence-corrected chi connectivity index (χ4v) is 3.39. The van der Waals surface area contributed by atoms with Crippen molar-refractivity contribution in [2.45, 2.75) is 119 Å². The summed E-state index contributed by atoms with van der Waals surface area (Å²) in [5.41, 5.74) is 5.12. The molecule has 0 unspecified atom stereocenters. The van der Waals surface area contributed by atoms with E-state index >= 15 is 0 Å². The Labute approximate surface area is 215 Å². The predicted octanol–water partition coefficient (Wildman–Crippen LogP) is 8.58. The first-order valence-corrected chi connectivity index (χ1v) is 13.3. The maximum Gasteiger partial charge on any atom is 0.111 e. The van der Waals surface area contributed by atoms with Crippen molar-refractivity contribution in [3.63, 3.8) is 0 Å². The summed E-state index contributed by atoms with van der Waals surface area (Å²) in [6, 6.07) is 9.36. The van der Waals surface area contributed by atoms with Gasteiger partial charge in [-0.1, -0.05) is 98.7 Å². The van der Waals surface area contributed by atoms with E-state index in [0.717, 1.165) is 5.69 Å². The Balaban J connectivity index is 0.000000263. The molecule has 5 heteroatoms. The normalized spacial score (nSPS) is 11.4. The fraction of sp³-hybridized carbons (Fsp3) is 0.633. The van der Waals surface area contributed by atoms with E-state index in [2.05, 4.69) is 140 Å². The Morgan fingerprint density at radius 1 is 0.571 bits per heavy atom. The summed E-state index contributed by atoms with van der Waals surface area (Å²) < 4.78 is 4.01. The third-order valence-corrected chi connectivity index (χ3v) is 5.96. The van der Waals surface area contributed by atoms with Crippen LogP contribution in [-0.2, 0) is 7.05 Å². The molecule has 0 radical (unpaired) electrons. The van der Waals surface area contributed by atoms with E-state index in [1.807, 2.05) is 10.9 Å². The number of aryl methyl sites for hydroxylation is 1. The molecule has 0 spiro atoms. The number of imidazole rings is 1. The Kier molecular flexibility index (Phi) is 12.4. The van der Waals surface area contributed by atoms with Crippen LogP contribution in [0.15, 0.2) is 36.7 Å². The van der Waals surface area contributed by atoms with E-state index < -0.39 is 0 Å². The van der Waals surface area contributed by atoms with Crippen molar-refractivity contribution in [2.24, 2.45) is 7.05 Å². The Morgan fingerprint density at radius 2 is 1.03 bits per heavy atom. The predicted molar refractivity (Wildman–Crippen MR) is 151 cm³/mol. The molecule has 5 nitrogen and oxygen atoms in total. The van der Waals surface area contributed by atoms with Crippen LogP contribution >= 0.6 is 0 Å². The highest BCUT2D eigenvalue weighted by molar-refractivity contribution is 5.26. The summed E-state index contributed by atoms with van der Waals surface area (Å²) in [4.78, 5) is 4.57. The summed E-state index contributed by atoms with van der Waals surface area (Å²) >= 11 is 0. The van der Waals surface area contributed by atoms with Gasteiger partial charge in [-0.15, -0.1) is 5.10 Å². The fourth-order valence-electron chi connectivity index (χ4n) is 3.39. The van der Waals surface area contributed by atoms with Gasteiger partial charge in [0.05, 0.1) is 11.4 Å². The molecule has 0 aliphatic heterocycles. The lowest BCUT2D eigenvalue weighted by atomic mass is 9.97. The molecule has 2 heterocycles. The summed E-state index contributed by atoms with van der Waals surface area (Å²) in [5, 5.41) is 8.05. The van der Waals surface area contributed by atoms with Crippen molar-refractivity contribution < 1.29 is 0 Å². The molecule has 0 saturated heterocycles. The lowest BCUT2D eigenvalue weighted by Gasteiger charge is -2.08. The van der Waals surface area contributed by atoms with E-state index in [4.69, 9.17) is 0 Å². The molecule has 0 aliphatic rings. The van der Waals surface area contributed by atoms with Crippen LogP contribution in [-0.4, -0.2) is 24.5 Å². The lowest BCUT2D eigenvalue weighted by molar-refractivity contribution is 0.514. The van der Waals surface area contributed by atoms with Gasteiger partial charge in [-0.3, -0.25) is 0 Å². The second-order valence-corrected chi connectivity index (χ2v) is 11.3. The van der Waals surface area contributed by atoms with Gasteiger partial charge in [-0.05, 0) is 48.6 Å². The van der Waals surface area contributed by atoms with Crippen LogP contribution in [0.5, 0.6) is 0 Å². The monoisotopic (exact) mass is 481 g/mol. The van der Waals surface area contributed by atoms with E-state index in [1.165, 1.54) is 22.6 Å². The summed E-state index contributed by atoms with van der Waals surface area (Å²) in [5.74, 6) is 3.99. The van der Waals surface area contributed by atoms with Crippen molar-refractivity contribution in [3.05, 3.63) is 65.0 Å². The highest BCUT2D eigenvalue weighted by atomic mass is 15.4. The number of rotatable bonds is 6. The van der Waals surface area contributed by atoms with Crippen molar-refractivity contribution in [2.75, 3.05) is 0 Å². The molecule has 0 amide bonds. The number of benzene rings is 1. The minimum Gasteiger partial charge on any atom is -0.337 e. The molecule has 0 saturated carbocycles. The van der Waals surface area contributed by atoms with Crippen molar-refractivity contribution in [3.8, 4) is 0 Å². The van der Waals surface area contributed by atoms with Crippen LogP contribution in [0, 0.1) is 0 Å². The van der Waals surface area contributed by atoms with E-state index in [1.54, 1.807) is 0 Å². The first-order chi connectivity index (χ1) is 16.2. The van der Waals surface area contributed by atoms with E-state index in [9.17, 15) is 0 Å². The molecular weight excluding hydrogens is 430 g/mol. The maximum absolute atomic E-state index is 4.57. The standard InChI is InChI=1S/C12H18.C10H18N2.C8H15N3/c1-9(2)11-5-7-12(8-6-11)10(3)4;1-7(2)9-6-12(5)10(11-9)8(3)4;1-6(2)8-5-11(7(3)4)10-9-8/h5-10H,1-4H3;6-8H,1-5H3;5-7H,1-4H3. The van der Waals surface area contributed by atoms with Crippen LogP contribution in [0.4, 0.5) is 0 Å². The zero-order valence-corrected chi connectivity index (χ0v) is 24.7. The Hall–Kier alpha value is -2.43. The number of hydrogen-bond acceptors (Lipinski definition) is 3. The average molecular weight is 482 g/mol. The molecule has 2 aromatic heterocycles. The molecule has 1 aromatic carbocycles. The SMILES string of the molecule is CC(C)c1ccc(C(C)C)cc1.CC(C)c1cn(C(C)C)nn1.CC(C)c1cn(C)c(C(C)C)n1. The Morgan fingerprint density at radius 3 is 1.26 bits per heavy atom. The molecular formula is C30H51N5. The summed E-state index contributed by atoms with van der Waals surface area (Å²) in [6.07, 6.45) is 4.13.